The second-order valence-corrected chi connectivity index (χ2v) is 5.54. The number of allylic oxidation sites excluding steroid dienone is 2. The Morgan fingerprint density at radius 2 is 2.05 bits per heavy atom. The molecule has 0 fully saturated rings. The minimum Gasteiger partial charge on any atom is -0.497 e. The maximum absolute atomic E-state index is 12.3. The highest BCUT2D eigenvalue weighted by Gasteiger charge is 2.31. The molecule has 0 N–H and O–H groups in total. The van der Waals surface area contributed by atoms with Gasteiger partial charge in [0, 0.05) is 6.42 Å². The van der Waals surface area contributed by atoms with Crippen LogP contribution in [-0.2, 0) is 9.53 Å². The van der Waals surface area contributed by atoms with E-state index in [4.69, 9.17) is 9.47 Å². The second kappa shape index (κ2) is 5.70. The van der Waals surface area contributed by atoms with Crippen LogP contribution in [0, 0.1) is 0 Å². The number of benzene rings is 1. The molecule has 3 nitrogen and oxygen atoms in total. The average molecular weight is 272 g/mol. The van der Waals surface area contributed by atoms with Crippen molar-refractivity contribution in [2.24, 2.45) is 0 Å². The predicted molar refractivity (Wildman–Crippen MR) is 76.6 cm³/mol. The summed E-state index contributed by atoms with van der Waals surface area (Å²) in [6, 6.07) is 7.75. The third-order valence-corrected chi connectivity index (χ3v) is 4.23. The highest BCUT2D eigenvalue weighted by atomic mass is 16.5. The van der Waals surface area contributed by atoms with Gasteiger partial charge in [0.1, 0.15) is 11.5 Å². The van der Waals surface area contributed by atoms with Gasteiger partial charge in [0.25, 0.3) is 0 Å². The number of esters is 1. The quantitative estimate of drug-likeness (QED) is 0.765. The molecule has 0 radical (unpaired) electrons. The SMILES string of the molecule is COc1cccc(C2CC3=C(CCCCC3)OC2=O)c1. The fourth-order valence-electron chi connectivity index (χ4n) is 3.09. The first-order valence-electron chi connectivity index (χ1n) is 7.34. The van der Waals surface area contributed by atoms with E-state index in [1.807, 2.05) is 24.3 Å². The summed E-state index contributed by atoms with van der Waals surface area (Å²) in [5.41, 5.74) is 2.33. The third-order valence-electron chi connectivity index (χ3n) is 4.23. The zero-order chi connectivity index (χ0) is 13.9. The van der Waals surface area contributed by atoms with Gasteiger partial charge in [-0.3, -0.25) is 4.79 Å². The molecule has 0 bridgehead atoms. The summed E-state index contributed by atoms with van der Waals surface area (Å²) in [7, 11) is 1.64. The molecule has 1 aliphatic heterocycles. The van der Waals surface area contributed by atoms with Crippen LogP contribution in [0.3, 0.4) is 0 Å². The third kappa shape index (κ3) is 2.58. The highest BCUT2D eigenvalue weighted by molar-refractivity contribution is 5.81. The first kappa shape index (κ1) is 13.2. The first-order valence-corrected chi connectivity index (χ1v) is 7.34. The van der Waals surface area contributed by atoms with Crippen molar-refractivity contribution in [1.29, 1.82) is 0 Å². The number of carbonyl (C=O) groups is 1. The Bertz CT molecular complexity index is 545. The van der Waals surface area contributed by atoms with Crippen LogP contribution in [0.15, 0.2) is 35.6 Å². The van der Waals surface area contributed by atoms with Gasteiger partial charge < -0.3 is 9.47 Å². The number of hydrogen-bond donors (Lipinski definition) is 0. The van der Waals surface area contributed by atoms with Gasteiger partial charge in [0.2, 0.25) is 0 Å². The molecule has 2 aliphatic rings. The van der Waals surface area contributed by atoms with Crippen molar-refractivity contribution < 1.29 is 14.3 Å². The van der Waals surface area contributed by atoms with Crippen molar-refractivity contribution >= 4 is 5.97 Å². The fourth-order valence-corrected chi connectivity index (χ4v) is 3.09. The minimum absolute atomic E-state index is 0.112. The lowest BCUT2D eigenvalue weighted by atomic mass is 9.88. The van der Waals surface area contributed by atoms with E-state index < -0.39 is 0 Å². The van der Waals surface area contributed by atoms with E-state index in [-0.39, 0.29) is 11.9 Å². The number of hydrogen-bond acceptors (Lipinski definition) is 3. The molecule has 1 aromatic carbocycles. The molecule has 1 aromatic rings. The van der Waals surface area contributed by atoms with E-state index >= 15 is 0 Å². The van der Waals surface area contributed by atoms with E-state index in [2.05, 4.69) is 0 Å². The first-order chi connectivity index (χ1) is 9.78. The van der Waals surface area contributed by atoms with Gasteiger partial charge in [-0.25, -0.2) is 0 Å². The van der Waals surface area contributed by atoms with Crippen molar-refractivity contribution in [1.82, 2.24) is 0 Å². The minimum atomic E-state index is -0.179. The standard InChI is InChI=1S/C17H20O3/c1-19-14-8-5-7-12(10-14)15-11-13-6-3-2-4-9-16(13)20-17(15)18/h5,7-8,10,15H,2-4,6,9,11H2,1H3. The Morgan fingerprint density at radius 3 is 2.90 bits per heavy atom. The predicted octanol–water partition coefficient (Wildman–Crippen LogP) is 3.94. The summed E-state index contributed by atoms with van der Waals surface area (Å²) in [5, 5.41) is 0. The molecule has 3 rings (SSSR count). The molecule has 106 valence electrons. The van der Waals surface area contributed by atoms with Gasteiger partial charge in [0.05, 0.1) is 13.0 Å². The Hall–Kier alpha value is -1.77. The van der Waals surface area contributed by atoms with Crippen LogP contribution in [0.2, 0.25) is 0 Å². The molecule has 0 amide bonds. The molecule has 0 spiro atoms. The van der Waals surface area contributed by atoms with E-state index in [1.165, 1.54) is 18.4 Å². The zero-order valence-electron chi connectivity index (χ0n) is 11.9. The second-order valence-electron chi connectivity index (χ2n) is 5.54. The fraction of sp³-hybridized carbons (Fsp3) is 0.471. The number of methoxy groups -OCH3 is 1. The molecule has 3 heteroatoms. The van der Waals surface area contributed by atoms with Crippen LogP contribution in [0.4, 0.5) is 0 Å². The summed E-state index contributed by atoms with van der Waals surface area (Å²) in [5.74, 6) is 1.45. The molecular weight excluding hydrogens is 252 g/mol. The van der Waals surface area contributed by atoms with Gasteiger partial charge >= 0.3 is 5.97 Å². The largest absolute Gasteiger partial charge is 0.497 e. The molecule has 1 aliphatic carbocycles. The van der Waals surface area contributed by atoms with E-state index in [1.54, 1.807) is 7.11 Å². The van der Waals surface area contributed by atoms with Crippen LogP contribution in [0.1, 0.15) is 50.0 Å². The van der Waals surface area contributed by atoms with Crippen LogP contribution in [0.25, 0.3) is 0 Å². The summed E-state index contributed by atoms with van der Waals surface area (Å²) < 4.78 is 10.9. The monoisotopic (exact) mass is 272 g/mol. The maximum Gasteiger partial charge on any atom is 0.318 e. The van der Waals surface area contributed by atoms with Gasteiger partial charge in [-0.15, -0.1) is 0 Å². The summed E-state index contributed by atoms with van der Waals surface area (Å²) in [6.45, 7) is 0. The zero-order valence-corrected chi connectivity index (χ0v) is 11.9. The molecule has 0 saturated carbocycles. The number of rotatable bonds is 2. The van der Waals surface area contributed by atoms with Crippen molar-refractivity contribution in [3.8, 4) is 5.75 Å². The number of carbonyl (C=O) groups excluding carboxylic acids is 1. The summed E-state index contributed by atoms with van der Waals surface area (Å²) >= 11 is 0. The topological polar surface area (TPSA) is 35.5 Å². The van der Waals surface area contributed by atoms with Gasteiger partial charge in [-0.05, 0) is 49.0 Å². The number of ether oxygens (including phenoxy) is 2. The maximum atomic E-state index is 12.3. The molecule has 1 atom stereocenters. The van der Waals surface area contributed by atoms with Gasteiger partial charge in [-0.1, -0.05) is 18.6 Å². The highest BCUT2D eigenvalue weighted by Crippen LogP contribution is 2.38. The normalized spacial score (nSPS) is 22.9. The van der Waals surface area contributed by atoms with Crippen molar-refractivity contribution in [2.45, 2.75) is 44.4 Å². The van der Waals surface area contributed by atoms with E-state index in [9.17, 15) is 4.79 Å². The lowest BCUT2D eigenvalue weighted by Gasteiger charge is -2.25. The van der Waals surface area contributed by atoms with Crippen LogP contribution < -0.4 is 4.74 Å². The van der Waals surface area contributed by atoms with E-state index in [0.717, 1.165) is 42.8 Å². The van der Waals surface area contributed by atoms with Gasteiger partial charge in [0.15, 0.2) is 0 Å². The molecular formula is C17H20O3. The van der Waals surface area contributed by atoms with Crippen molar-refractivity contribution in [2.75, 3.05) is 7.11 Å². The molecule has 20 heavy (non-hydrogen) atoms. The molecule has 0 aromatic heterocycles. The molecule has 1 heterocycles. The lowest BCUT2D eigenvalue weighted by Crippen LogP contribution is -2.22. The van der Waals surface area contributed by atoms with E-state index in [0.29, 0.717) is 0 Å². The summed E-state index contributed by atoms with van der Waals surface area (Å²) in [4.78, 5) is 12.3. The van der Waals surface area contributed by atoms with Crippen molar-refractivity contribution in [3.05, 3.63) is 41.2 Å². The lowest BCUT2D eigenvalue weighted by molar-refractivity contribution is -0.142. The smallest absolute Gasteiger partial charge is 0.318 e. The Kier molecular flexibility index (Phi) is 3.77. The Labute approximate surface area is 119 Å². The summed E-state index contributed by atoms with van der Waals surface area (Å²) in [6.07, 6.45) is 6.38. The Morgan fingerprint density at radius 1 is 1.20 bits per heavy atom. The molecule has 0 saturated heterocycles. The average Bonchev–Trinajstić information content (AvgIpc) is 2.71. The van der Waals surface area contributed by atoms with Crippen molar-refractivity contribution in [3.63, 3.8) is 0 Å². The molecule has 1 unspecified atom stereocenters. The van der Waals surface area contributed by atoms with Crippen LogP contribution >= 0.6 is 0 Å². The van der Waals surface area contributed by atoms with Crippen LogP contribution in [0.5, 0.6) is 5.75 Å². The van der Waals surface area contributed by atoms with Crippen LogP contribution in [-0.4, -0.2) is 13.1 Å². The Balaban J connectivity index is 1.87. The van der Waals surface area contributed by atoms with Gasteiger partial charge in [-0.2, -0.15) is 0 Å².